The fourth-order valence-corrected chi connectivity index (χ4v) is 2.99. The molecule has 1 aromatic heterocycles. The second kappa shape index (κ2) is 14.1. The van der Waals surface area contributed by atoms with Crippen molar-refractivity contribution >= 4 is 0 Å². The molecule has 0 radical (unpaired) electrons. The van der Waals surface area contributed by atoms with Crippen LogP contribution in [0.5, 0.6) is 0 Å². The van der Waals surface area contributed by atoms with E-state index in [2.05, 4.69) is 16.4 Å². The zero-order valence-electron chi connectivity index (χ0n) is 17.0. The Morgan fingerprint density at radius 1 is 0.690 bits per heavy atom. The zero-order valence-corrected chi connectivity index (χ0v) is 17.0. The molecule has 0 bridgehead atoms. The fourth-order valence-electron chi connectivity index (χ4n) is 2.99. The van der Waals surface area contributed by atoms with Crippen molar-refractivity contribution in [3.63, 3.8) is 0 Å². The van der Waals surface area contributed by atoms with Crippen LogP contribution in [0, 0.1) is 23.0 Å². The number of hydrogen-bond acceptors (Lipinski definition) is 7. The Bertz CT molecular complexity index is 871. The highest BCUT2D eigenvalue weighted by atomic mass is 16.5. The van der Waals surface area contributed by atoms with E-state index >= 15 is 0 Å². The monoisotopic (exact) mass is 407 g/mol. The molecule has 10 heteroatoms. The summed E-state index contributed by atoms with van der Waals surface area (Å²) < 4.78 is 12.0. The maximum Gasteiger partial charge on any atom is 0.339 e. The molecule has 160 valence electrons. The third kappa shape index (κ3) is 7.86. The fraction of sp³-hybridized carbons (Fsp3) is 0.737. The van der Waals surface area contributed by atoms with Gasteiger partial charge in [0.2, 0.25) is 0 Å². The summed E-state index contributed by atoms with van der Waals surface area (Å²) in [5, 5.41) is 16.9. The molecule has 0 N–H and O–H groups in total. The number of nitriles is 2. The van der Waals surface area contributed by atoms with Crippen LogP contribution in [0.3, 0.4) is 0 Å². The zero-order chi connectivity index (χ0) is 21.5. The minimum atomic E-state index is -0.773. The highest BCUT2D eigenvalue weighted by molar-refractivity contribution is 4.79. The Labute approximate surface area is 169 Å². The van der Waals surface area contributed by atoms with Gasteiger partial charge in [0.25, 0.3) is 12.5 Å². The highest BCUT2D eigenvalue weighted by Crippen LogP contribution is 2.03. The molecule has 0 atom stereocenters. The minimum absolute atomic E-state index is 0.166. The molecule has 0 saturated carbocycles. The van der Waals surface area contributed by atoms with Crippen molar-refractivity contribution in [3.8, 4) is 12.5 Å². The molecule has 1 rings (SSSR count). The second-order valence-corrected chi connectivity index (χ2v) is 6.71. The Morgan fingerprint density at radius 3 is 1.69 bits per heavy atom. The quantitative estimate of drug-likeness (QED) is 0.319. The van der Waals surface area contributed by atoms with Gasteiger partial charge in [0.1, 0.15) is 6.61 Å². The first-order valence-corrected chi connectivity index (χ1v) is 10.0. The van der Waals surface area contributed by atoms with Crippen LogP contribution in [0.1, 0.15) is 64.7 Å². The summed E-state index contributed by atoms with van der Waals surface area (Å²) in [6, 6.07) is 0. The molecule has 0 aliphatic heterocycles. The predicted octanol–water partition coefficient (Wildman–Crippen LogP) is 1.66. The van der Waals surface area contributed by atoms with E-state index < -0.39 is 23.8 Å². The van der Waals surface area contributed by atoms with E-state index in [1.54, 1.807) is 6.26 Å². The van der Waals surface area contributed by atoms with Gasteiger partial charge < -0.3 is 9.47 Å². The summed E-state index contributed by atoms with van der Waals surface area (Å²) in [6.45, 7) is 2.32. The van der Waals surface area contributed by atoms with Gasteiger partial charge in [0.05, 0.1) is 0 Å². The molecule has 0 unspecified atom stereocenters. The van der Waals surface area contributed by atoms with Crippen LogP contribution >= 0.6 is 0 Å². The first-order chi connectivity index (χ1) is 14.1. The van der Waals surface area contributed by atoms with Crippen molar-refractivity contribution in [1.82, 2.24) is 13.7 Å². The van der Waals surface area contributed by atoms with E-state index in [0.29, 0.717) is 25.9 Å². The van der Waals surface area contributed by atoms with Crippen LogP contribution in [-0.2, 0) is 29.3 Å². The first kappa shape index (κ1) is 24.0. The Kier molecular flexibility index (Phi) is 11.6. The minimum Gasteiger partial charge on any atom is -0.428 e. The second-order valence-electron chi connectivity index (χ2n) is 6.71. The van der Waals surface area contributed by atoms with Gasteiger partial charge >= 0.3 is 17.1 Å². The van der Waals surface area contributed by atoms with E-state index in [1.807, 2.05) is 0 Å². The normalized spacial score (nSPS) is 10.3. The van der Waals surface area contributed by atoms with Crippen molar-refractivity contribution < 1.29 is 9.47 Å². The Morgan fingerprint density at radius 2 is 1.17 bits per heavy atom. The van der Waals surface area contributed by atoms with Gasteiger partial charge in [-0.15, -0.1) is 0 Å². The molecule has 10 nitrogen and oxygen atoms in total. The van der Waals surface area contributed by atoms with Crippen LogP contribution in [0.25, 0.3) is 0 Å². The average Bonchev–Trinajstić information content (AvgIpc) is 2.71. The van der Waals surface area contributed by atoms with Crippen LogP contribution in [0.2, 0.25) is 0 Å². The smallest absolute Gasteiger partial charge is 0.339 e. The third-order valence-electron chi connectivity index (χ3n) is 4.57. The summed E-state index contributed by atoms with van der Waals surface area (Å²) in [4.78, 5) is 37.8. The molecule has 29 heavy (non-hydrogen) atoms. The standard InChI is InChI=1S/C19H29N5O5/c1-2-3-4-5-8-11-22-17(25)23(12-9-6-7-10-13-28-14-20)19(27)24(18(22)26)16-29-15-21/h2-13,16H2,1H3. The van der Waals surface area contributed by atoms with E-state index in [-0.39, 0.29) is 13.1 Å². The van der Waals surface area contributed by atoms with E-state index in [1.165, 1.54) is 6.26 Å². The number of nitrogens with zero attached hydrogens (tertiary/aromatic N) is 5. The van der Waals surface area contributed by atoms with Gasteiger partial charge in [-0.3, -0.25) is 0 Å². The SMILES string of the molecule is CCCCCCCn1c(=O)n(CCCCCCOC#N)c(=O)n(COC#N)c1=O. The lowest BCUT2D eigenvalue weighted by atomic mass is 10.1. The van der Waals surface area contributed by atoms with E-state index in [0.717, 1.165) is 52.2 Å². The van der Waals surface area contributed by atoms with Crippen LogP contribution in [-0.4, -0.2) is 20.3 Å². The molecule has 0 aromatic carbocycles. The first-order valence-electron chi connectivity index (χ1n) is 10.0. The lowest BCUT2D eigenvalue weighted by Gasteiger charge is -2.13. The van der Waals surface area contributed by atoms with E-state index in [4.69, 9.17) is 10.5 Å². The average molecular weight is 407 g/mol. The van der Waals surface area contributed by atoms with Crippen molar-refractivity contribution in [2.24, 2.45) is 0 Å². The maximum atomic E-state index is 12.7. The van der Waals surface area contributed by atoms with Crippen molar-refractivity contribution in [3.05, 3.63) is 31.5 Å². The van der Waals surface area contributed by atoms with Gasteiger partial charge in [0.15, 0.2) is 6.73 Å². The molecule has 0 spiro atoms. The summed E-state index contributed by atoms with van der Waals surface area (Å²) in [5.41, 5.74) is -2.16. The number of unbranched alkanes of at least 4 members (excludes halogenated alkanes) is 7. The highest BCUT2D eigenvalue weighted by Gasteiger charge is 2.15. The van der Waals surface area contributed by atoms with Crippen molar-refractivity contribution in [1.29, 1.82) is 10.5 Å². The molecule has 1 aromatic rings. The van der Waals surface area contributed by atoms with Gasteiger partial charge in [-0.05, 0) is 25.7 Å². The number of aromatic nitrogens is 3. The topological polar surface area (TPSA) is 132 Å². The van der Waals surface area contributed by atoms with Gasteiger partial charge in [-0.2, -0.15) is 10.5 Å². The lowest BCUT2D eigenvalue weighted by molar-refractivity contribution is 0.174. The Balaban J connectivity index is 2.92. The number of hydrogen-bond donors (Lipinski definition) is 0. The molecule has 0 aliphatic rings. The van der Waals surface area contributed by atoms with Crippen molar-refractivity contribution in [2.75, 3.05) is 6.61 Å². The Hall–Kier alpha value is -3.01. The van der Waals surface area contributed by atoms with Gasteiger partial charge in [-0.25, -0.2) is 28.1 Å². The molecular weight excluding hydrogens is 378 g/mol. The molecule has 0 aliphatic carbocycles. The van der Waals surface area contributed by atoms with E-state index in [9.17, 15) is 14.4 Å². The molecule has 0 fully saturated rings. The van der Waals surface area contributed by atoms with Crippen molar-refractivity contribution in [2.45, 2.75) is 84.5 Å². The van der Waals surface area contributed by atoms with Crippen LogP contribution in [0.4, 0.5) is 0 Å². The predicted molar refractivity (Wildman–Crippen MR) is 105 cm³/mol. The number of rotatable bonds is 15. The van der Waals surface area contributed by atoms with Crippen LogP contribution < -0.4 is 17.1 Å². The maximum absolute atomic E-state index is 12.7. The largest absolute Gasteiger partial charge is 0.428 e. The summed E-state index contributed by atoms with van der Waals surface area (Å²) in [6.07, 6.45) is 10.6. The summed E-state index contributed by atoms with van der Waals surface area (Å²) in [5.74, 6) is 0. The number of ether oxygens (including phenoxy) is 2. The summed E-state index contributed by atoms with van der Waals surface area (Å²) in [7, 11) is 0. The third-order valence-corrected chi connectivity index (χ3v) is 4.57. The van der Waals surface area contributed by atoms with Crippen LogP contribution in [0.15, 0.2) is 14.4 Å². The van der Waals surface area contributed by atoms with Gasteiger partial charge in [-0.1, -0.05) is 39.0 Å². The molecular formula is C19H29N5O5. The molecule has 1 heterocycles. The molecule has 0 amide bonds. The molecule has 0 saturated heterocycles. The van der Waals surface area contributed by atoms with Gasteiger partial charge in [0, 0.05) is 13.1 Å². The lowest BCUT2D eigenvalue weighted by Crippen LogP contribution is -2.54. The summed E-state index contributed by atoms with van der Waals surface area (Å²) >= 11 is 0.